The van der Waals surface area contributed by atoms with Gasteiger partial charge < -0.3 is 19.0 Å². The van der Waals surface area contributed by atoms with Crippen LogP contribution in [0.25, 0.3) is 22.2 Å². The highest BCUT2D eigenvalue weighted by Gasteiger charge is 2.31. The summed E-state index contributed by atoms with van der Waals surface area (Å²) in [5.74, 6) is 0.488. The van der Waals surface area contributed by atoms with Gasteiger partial charge in [-0.2, -0.15) is 5.26 Å². The first-order valence-electron chi connectivity index (χ1n) is 12.0. The van der Waals surface area contributed by atoms with Gasteiger partial charge in [0, 0.05) is 24.7 Å². The molecule has 0 amide bonds. The van der Waals surface area contributed by atoms with Crippen molar-refractivity contribution < 1.29 is 9.15 Å². The standard InChI is InChI=1S/C29H30N4O2/c1-20-24(16-30)27-29(35-25(31-27)19-34-18-21-10-6-4-7-11-21)28(26(20)22-12-8-5-9-13-22)33-15-14-23(17-33)32(2)3/h4-13,23H,14-15,17-19H2,1-3H3/t23-/m0/s1. The van der Waals surface area contributed by atoms with E-state index < -0.39 is 0 Å². The summed E-state index contributed by atoms with van der Waals surface area (Å²) < 4.78 is 12.3. The minimum absolute atomic E-state index is 0.244. The number of nitrogens with zero attached hydrogens (tertiary/aromatic N) is 4. The molecule has 4 aromatic rings. The average molecular weight is 467 g/mol. The monoisotopic (exact) mass is 466 g/mol. The van der Waals surface area contributed by atoms with Gasteiger partial charge in [-0.15, -0.1) is 0 Å². The van der Waals surface area contributed by atoms with Gasteiger partial charge >= 0.3 is 0 Å². The van der Waals surface area contributed by atoms with Crippen molar-refractivity contribution in [2.75, 3.05) is 32.1 Å². The quantitative estimate of drug-likeness (QED) is 0.357. The predicted octanol–water partition coefficient (Wildman–Crippen LogP) is 5.53. The maximum Gasteiger partial charge on any atom is 0.221 e. The number of aromatic nitrogens is 1. The molecule has 0 N–H and O–H groups in total. The van der Waals surface area contributed by atoms with Crippen LogP contribution in [0.3, 0.4) is 0 Å². The van der Waals surface area contributed by atoms with Crippen molar-refractivity contribution in [1.82, 2.24) is 9.88 Å². The van der Waals surface area contributed by atoms with E-state index in [9.17, 15) is 5.26 Å². The summed E-state index contributed by atoms with van der Waals surface area (Å²) in [6.45, 7) is 4.55. The minimum atomic E-state index is 0.244. The molecule has 5 rings (SSSR count). The first-order valence-corrected chi connectivity index (χ1v) is 12.0. The van der Waals surface area contributed by atoms with Crippen LogP contribution < -0.4 is 4.90 Å². The zero-order valence-corrected chi connectivity index (χ0v) is 20.5. The topological polar surface area (TPSA) is 65.5 Å². The number of benzene rings is 3. The summed E-state index contributed by atoms with van der Waals surface area (Å²) >= 11 is 0. The van der Waals surface area contributed by atoms with Crippen LogP contribution in [-0.4, -0.2) is 43.1 Å². The highest BCUT2D eigenvalue weighted by atomic mass is 16.5. The molecule has 1 saturated heterocycles. The molecule has 0 saturated carbocycles. The molecule has 0 radical (unpaired) electrons. The molecule has 35 heavy (non-hydrogen) atoms. The van der Waals surface area contributed by atoms with Crippen LogP contribution in [0.15, 0.2) is 65.1 Å². The van der Waals surface area contributed by atoms with Gasteiger partial charge in [-0.1, -0.05) is 60.7 Å². The molecule has 1 atom stereocenters. The first kappa shape index (κ1) is 23.1. The number of ether oxygens (including phenoxy) is 1. The average Bonchev–Trinajstić information content (AvgIpc) is 3.52. The molecule has 0 bridgehead atoms. The van der Waals surface area contributed by atoms with Crippen molar-refractivity contribution in [2.24, 2.45) is 0 Å². The summed E-state index contributed by atoms with van der Waals surface area (Å²) in [7, 11) is 4.26. The molecule has 0 aliphatic carbocycles. The van der Waals surface area contributed by atoms with E-state index in [0.29, 0.717) is 35.2 Å². The van der Waals surface area contributed by atoms with Crippen molar-refractivity contribution in [3.8, 4) is 17.2 Å². The second-order valence-corrected chi connectivity index (χ2v) is 9.32. The Morgan fingerprint density at radius 1 is 1.09 bits per heavy atom. The number of fused-ring (bicyclic) bond motifs is 1. The smallest absolute Gasteiger partial charge is 0.221 e. The Hall–Kier alpha value is -3.66. The predicted molar refractivity (Wildman–Crippen MR) is 138 cm³/mol. The Kier molecular flexibility index (Phi) is 6.54. The van der Waals surface area contributed by atoms with Gasteiger partial charge in [0.05, 0.1) is 17.9 Å². The highest BCUT2D eigenvalue weighted by molar-refractivity contribution is 6.02. The molecular formula is C29H30N4O2. The Morgan fingerprint density at radius 2 is 1.80 bits per heavy atom. The normalized spacial score (nSPS) is 15.7. The van der Waals surface area contributed by atoms with Crippen molar-refractivity contribution in [3.05, 3.63) is 83.2 Å². The van der Waals surface area contributed by atoms with Crippen LogP contribution in [0, 0.1) is 18.3 Å². The Bertz CT molecular complexity index is 1360. The Morgan fingerprint density at radius 3 is 2.46 bits per heavy atom. The van der Waals surface area contributed by atoms with E-state index in [-0.39, 0.29) is 6.61 Å². The Labute approximate surface area is 206 Å². The fraction of sp³-hybridized carbons (Fsp3) is 0.310. The first-order chi connectivity index (χ1) is 17.1. The fourth-order valence-electron chi connectivity index (χ4n) is 4.94. The third-order valence-corrected chi connectivity index (χ3v) is 6.83. The molecule has 6 heteroatoms. The highest BCUT2D eigenvalue weighted by Crippen LogP contribution is 2.44. The third-order valence-electron chi connectivity index (χ3n) is 6.83. The number of hydrogen-bond donors (Lipinski definition) is 0. The molecule has 0 spiro atoms. The van der Waals surface area contributed by atoms with Crippen molar-refractivity contribution in [1.29, 1.82) is 5.26 Å². The van der Waals surface area contributed by atoms with Crippen LogP contribution in [-0.2, 0) is 18.0 Å². The van der Waals surface area contributed by atoms with E-state index in [1.807, 2.05) is 55.5 Å². The second-order valence-electron chi connectivity index (χ2n) is 9.32. The van der Waals surface area contributed by atoms with Crippen molar-refractivity contribution in [3.63, 3.8) is 0 Å². The largest absolute Gasteiger partial charge is 0.436 e. The SMILES string of the molecule is Cc1c(-c2ccccc2)c(N2CC[C@H](N(C)C)C2)c2oc(COCc3ccccc3)nc2c1C#N. The van der Waals surface area contributed by atoms with E-state index in [2.05, 4.69) is 42.1 Å². The zero-order chi connectivity index (χ0) is 24.4. The summed E-state index contributed by atoms with van der Waals surface area (Å²) in [5.41, 5.74) is 7.01. The summed E-state index contributed by atoms with van der Waals surface area (Å²) in [5, 5.41) is 10.1. The molecule has 3 aromatic carbocycles. The molecule has 0 unspecified atom stereocenters. The van der Waals surface area contributed by atoms with Crippen LogP contribution >= 0.6 is 0 Å². The van der Waals surface area contributed by atoms with E-state index in [4.69, 9.17) is 14.1 Å². The van der Waals surface area contributed by atoms with E-state index in [1.54, 1.807) is 0 Å². The molecule has 1 aromatic heterocycles. The summed E-state index contributed by atoms with van der Waals surface area (Å²) in [6.07, 6.45) is 1.07. The van der Waals surface area contributed by atoms with Gasteiger partial charge in [0.25, 0.3) is 0 Å². The van der Waals surface area contributed by atoms with Crippen LogP contribution in [0.1, 0.15) is 29.0 Å². The third kappa shape index (κ3) is 4.53. The molecule has 178 valence electrons. The van der Waals surface area contributed by atoms with Crippen molar-refractivity contribution in [2.45, 2.75) is 32.6 Å². The van der Waals surface area contributed by atoms with E-state index in [0.717, 1.165) is 47.5 Å². The van der Waals surface area contributed by atoms with Gasteiger partial charge in [-0.25, -0.2) is 4.98 Å². The fourth-order valence-corrected chi connectivity index (χ4v) is 4.94. The maximum atomic E-state index is 10.1. The van der Waals surface area contributed by atoms with Gasteiger partial charge in [0.2, 0.25) is 5.89 Å². The van der Waals surface area contributed by atoms with Gasteiger partial charge in [0.1, 0.15) is 18.2 Å². The molecule has 2 heterocycles. The number of likely N-dealkylation sites (N-methyl/N-ethyl adjacent to an activating group) is 1. The number of hydrogen-bond acceptors (Lipinski definition) is 6. The lowest BCUT2D eigenvalue weighted by Crippen LogP contribution is -2.31. The van der Waals surface area contributed by atoms with Gasteiger partial charge in [-0.3, -0.25) is 0 Å². The number of rotatable bonds is 7. The van der Waals surface area contributed by atoms with Gasteiger partial charge in [0.15, 0.2) is 5.58 Å². The summed E-state index contributed by atoms with van der Waals surface area (Å²) in [4.78, 5) is 9.41. The van der Waals surface area contributed by atoms with Crippen LogP contribution in [0.5, 0.6) is 0 Å². The molecule has 1 aliphatic heterocycles. The minimum Gasteiger partial charge on any atom is -0.436 e. The van der Waals surface area contributed by atoms with Crippen LogP contribution in [0.4, 0.5) is 5.69 Å². The lowest BCUT2D eigenvalue weighted by molar-refractivity contribution is 0.0907. The molecular weight excluding hydrogens is 436 g/mol. The number of anilines is 1. The van der Waals surface area contributed by atoms with Crippen molar-refractivity contribution >= 4 is 16.8 Å². The number of oxazole rings is 1. The zero-order valence-electron chi connectivity index (χ0n) is 20.5. The summed E-state index contributed by atoms with van der Waals surface area (Å²) in [6, 6.07) is 23.2. The number of nitriles is 1. The lowest BCUT2D eigenvalue weighted by Gasteiger charge is -2.25. The lowest BCUT2D eigenvalue weighted by atomic mass is 9.93. The van der Waals surface area contributed by atoms with Gasteiger partial charge in [-0.05, 0) is 44.1 Å². The molecule has 6 nitrogen and oxygen atoms in total. The van der Waals surface area contributed by atoms with E-state index >= 15 is 0 Å². The Balaban J connectivity index is 1.60. The molecule has 1 aliphatic rings. The maximum absolute atomic E-state index is 10.1. The second kappa shape index (κ2) is 9.91. The molecule has 1 fully saturated rings. The van der Waals surface area contributed by atoms with Crippen LogP contribution in [0.2, 0.25) is 0 Å². The van der Waals surface area contributed by atoms with E-state index in [1.165, 1.54) is 0 Å².